The van der Waals surface area contributed by atoms with Gasteiger partial charge in [0.2, 0.25) is 11.8 Å². The van der Waals surface area contributed by atoms with Crippen molar-refractivity contribution in [3.05, 3.63) is 18.2 Å². The van der Waals surface area contributed by atoms with E-state index in [1.807, 2.05) is 39.0 Å². The minimum Gasteiger partial charge on any atom is -0.476 e. The van der Waals surface area contributed by atoms with Crippen LogP contribution in [-0.4, -0.2) is 98.1 Å². The number of piperidine rings is 1. The number of methoxy groups -OCH3 is 1. The molecule has 2 heterocycles. The number of rotatable bonds is 12. The average Bonchev–Trinajstić information content (AvgIpc) is 3.82. The van der Waals surface area contributed by atoms with Crippen molar-refractivity contribution >= 4 is 35.2 Å². The predicted octanol–water partition coefficient (Wildman–Crippen LogP) is 4.53. The number of likely N-dealkylation sites (tertiary alicyclic amines) is 1. The molecule has 0 radical (unpaired) electrons. The van der Waals surface area contributed by atoms with Crippen LogP contribution >= 0.6 is 0 Å². The van der Waals surface area contributed by atoms with Crippen molar-refractivity contribution in [3.8, 4) is 5.75 Å². The number of nitrogens with zero attached hydrogens (tertiary/aromatic N) is 3. The minimum atomic E-state index is -1.03. The molecule has 47 heavy (non-hydrogen) atoms. The fraction of sp³-hybridized carbons (Fsp3) is 0.714. The molecule has 1 aromatic carbocycles. The molecule has 0 bridgehead atoms. The highest BCUT2D eigenvalue weighted by molar-refractivity contribution is 6.04. The van der Waals surface area contributed by atoms with E-state index in [1.165, 1.54) is 4.90 Å². The van der Waals surface area contributed by atoms with Gasteiger partial charge in [-0.3, -0.25) is 14.4 Å². The number of fused-ring (bicyclic) bond motifs is 1. The van der Waals surface area contributed by atoms with Crippen LogP contribution in [0.25, 0.3) is 0 Å². The van der Waals surface area contributed by atoms with Crippen LogP contribution < -0.4 is 19.9 Å². The summed E-state index contributed by atoms with van der Waals surface area (Å²) in [5.74, 6) is -1.27. The van der Waals surface area contributed by atoms with Crippen molar-refractivity contribution in [2.24, 2.45) is 11.8 Å². The quantitative estimate of drug-likeness (QED) is 0.325. The Morgan fingerprint density at radius 3 is 2.38 bits per heavy atom. The van der Waals surface area contributed by atoms with Gasteiger partial charge in [-0.05, 0) is 99.3 Å². The highest BCUT2D eigenvalue weighted by Crippen LogP contribution is 2.43. The number of benzene rings is 1. The molecule has 4 amide bonds. The van der Waals surface area contributed by atoms with Crippen LogP contribution in [0.5, 0.6) is 5.75 Å². The number of carbonyl (C=O) groups excluding carboxylic acids is 4. The van der Waals surface area contributed by atoms with E-state index in [9.17, 15) is 19.2 Å². The second-order valence-corrected chi connectivity index (χ2v) is 15.0. The van der Waals surface area contributed by atoms with Gasteiger partial charge in [0.05, 0.1) is 29.7 Å². The van der Waals surface area contributed by atoms with Gasteiger partial charge < -0.3 is 39.0 Å². The molecule has 1 aliphatic carbocycles. The van der Waals surface area contributed by atoms with Gasteiger partial charge in [-0.25, -0.2) is 4.79 Å². The smallest absolute Gasteiger partial charge is 0.410 e. The minimum absolute atomic E-state index is 0.0200. The average molecular weight is 659 g/mol. The summed E-state index contributed by atoms with van der Waals surface area (Å²) in [7, 11) is 1.63. The van der Waals surface area contributed by atoms with Gasteiger partial charge in [0, 0.05) is 51.7 Å². The second kappa shape index (κ2) is 14.4. The van der Waals surface area contributed by atoms with E-state index >= 15 is 0 Å². The Kier molecular flexibility index (Phi) is 11.2. The Balaban J connectivity index is 1.64. The molecular weight excluding hydrogens is 604 g/mol. The Morgan fingerprint density at radius 1 is 1.09 bits per heavy atom. The molecule has 4 rings (SSSR count). The van der Waals surface area contributed by atoms with E-state index in [2.05, 4.69) is 5.32 Å². The zero-order valence-corrected chi connectivity index (χ0v) is 29.6. The molecule has 12 nitrogen and oxygen atoms in total. The molecule has 1 saturated heterocycles. The van der Waals surface area contributed by atoms with Crippen LogP contribution in [0.1, 0.15) is 81.1 Å². The third-order valence-corrected chi connectivity index (χ3v) is 8.47. The Morgan fingerprint density at radius 2 is 1.77 bits per heavy atom. The molecule has 1 saturated carbocycles. The molecule has 1 aromatic rings. The summed E-state index contributed by atoms with van der Waals surface area (Å²) in [6.07, 6.45) is 2.03. The van der Waals surface area contributed by atoms with Gasteiger partial charge in [0.25, 0.3) is 5.91 Å². The summed E-state index contributed by atoms with van der Waals surface area (Å²) in [6.45, 7) is 16.6. The maximum Gasteiger partial charge on any atom is 0.410 e. The van der Waals surface area contributed by atoms with Gasteiger partial charge in [-0.1, -0.05) is 0 Å². The highest BCUT2D eigenvalue weighted by Gasteiger charge is 2.45. The Labute approximate surface area is 279 Å². The standard InChI is InChI=1S/C35H54N4O8/c1-10-45-22-34(5,6)36-29(40)23-18-24(21-37(20-23)32(43)47-33(2,3)4)30(41)39(25-12-13-25)26-14-15-28-27(19-26)38(16-11-17-44-9)31(42)35(7,8)46-28/h14-15,19,23-25H,10-13,16-18,20-22H2,1-9H3,(H,36,40)/t23?,24-/m1/s1. The van der Waals surface area contributed by atoms with E-state index in [1.54, 1.807) is 51.5 Å². The number of nitrogens with one attached hydrogen (secondary N) is 1. The summed E-state index contributed by atoms with van der Waals surface area (Å²) >= 11 is 0. The van der Waals surface area contributed by atoms with E-state index in [-0.39, 0.29) is 43.3 Å². The summed E-state index contributed by atoms with van der Waals surface area (Å²) in [4.78, 5) is 59.9. The summed E-state index contributed by atoms with van der Waals surface area (Å²) in [6, 6.07) is 5.49. The molecule has 262 valence electrons. The van der Waals surface area contributed by atoms with Crippen LogP contribution in [0.2, 0.25) is 0 Å². The van der Waals surface area contributed by atoms with Crippen LogP contribution in [0.15, 0.2) is 18.2 Å². The Bertz CT molecular complexity index is 1320. The van der Waals surface area contributed by atoms with E-state index in [0.29, 0.717) is 49.9 Å². The van der Waals surface area contributed by atoms with Crippen LogP contribution in [0, 0.1) is 11.8 Å². The molecule has 1 unspecified atom stereocenters. The summed E-state index contributed by atoms with van der Waals surface area (Å²) in [5.41, 5.74) is -1.15. The number of amides is 4. The molecule has 3 aliphatic rings. The first-order valence-corrected chi connectivity index (χ1v) is 16.8. The molecular formula is C35H54N4O8. The van der Waals surface area contributed by atoms with Crippen LogP contribution in [0.4, 0.5) is 16.2 Å². The lowest BCUT2D eigenvalue weighted by Crippen LogP contribution is -2.56. The SMILES string of the molecule is CCOCC(C)(C)NC(=O)C1C[C@@H](C(=O)N(c2ccc3c(c2)N(CCCOC)C(=O)C(C)(C)O3)C2CC2)CN(C(=O)OC(C)(C)C)C1. The number of ether oxygens (including phenoxy) is 4. The zero-order valence-electron chi connectivity index (χ0n) is 29.6. The number of anilines is 2. The lowest BCUT2D eigenvalue weighted by atomic mass is 9.86. The Hall–Kier alpha value is -3.38. The summed E-state index contributed by atoms with van der Waals surface area (Å²) < 4.78 is 22.6. The predicted molar refractivity (Wildman–Crippen MR) is 179 cm³/mol. The van der Waals surface area contributed by atoms with Gasteiger partial charge in [0.1, 0.15) is 11.4 Å². The van der Waals surface area contributed by atoms with Crippen molar-refractivity contribution < 1.29 is 38.1 Å². The molecule has 2 fully saturated rings. The molecule has 0 aromatic heterocycles. The van der Waals surface area contributed by atoms with Gasteiger partial charge >= 0.3 is 6.09 Å². The molecule has 2 atom stereocenters. The monoisotopic (exact) mass is 658 g/mol. The summed E-state index contributed by atoms with van der Waals surface area (Å²) in [5, 5.41) is 3.07. The third-order valence-electron chi connectivity index (χ3n) is 8.47. The molecule has 2 aliphatic heterocycles. The maximum absolute atomic E-state index is 14.5. The topological polar surface area (TPSA) is 127 Å². The first kappa shape index (κ1) is 36.5. The van der Waals surface area contributed by atoms with E-state index < -0.39 is 34.7 Å². The van der Waals surface area contributed by atoms with Gasteiger partial charge in [0.15, 0.2) is 5.60 Å². The lowest BCUT2D eigenvalue weighted by molar-refractivity contribution is -0.133. The number of hydrogen-bond acceptors (Lipinski definition) is 8. The first-order chi connectivity index (χ1) is 22.0. The van der Waals surface area contributed by atoms with Crippen LogP contribution in [0.3, 0.4) is 0 Å². The second-order valence-electron chi connectivity index (χ2n) is 15.0. The van der Waals surface area contributed by atoms with Crippen molar-refractivity contribution in [3.63, 3.8) is 0 Å². The number of carbonyl (C=O) groups is 4. The third kappa shape index (κ3) is 9.16. The zero-order chi connectivity index (χ0) is 34.7. The lowest BCUT2D eigenvalue weighted by Gasteiger charge is -2.41. The fourth-order valence-electron chi connectivity index (χ4n) is 6.11. The largest absolute Gasteiger partial charge is 0.476 e. The molecule has 12 heteroatoms. The number of hydrogen-bond donors (Lipinski definition) is 1. The molecule has 0 spiro atoms. The van der Waals surface area contributed by atoms with Gasteiger partial charge in [-0.15, -0.1) is 0 Å². The van der Waals surface area contributed by atoms with Crippen molar-refractivity contribution in [2.75, 3.05) is 56.4 Å². The first-order valence-electron chi connectivity index (χ1n) is 16.8. The van der Waals surface area contributed by atoms with E-state index in [0.717, 1.165) is 12.8 Å². The highest BCUT2D eigenvalue weighted by atomic mass is 16.6. The fourth-order valence-corrected chi connectivity index (χ4v) is 6.11. The van der Waals surface area contributed by atoms with E-state index in [4.69, 9.17) is 18.9 Å². The van der Waals surface area contributed by atoms with Crippen molar-refractivity contribution in [1.82, 2.24) is 10.2 Å². The normalized spacial score (nSPS) is 21.1. The van der Waals surface area contributed by atoms with Gasteiger partial charge in [-0.2, -0.15) is 0 Å². The van der Waals surface area contributed by atoms with Crippen molar-refractivity contribution in [2.45, 2.75) is 104 Å². The molecule has 1 N–H and O–H groups in total. The van der Waals surface area contributed by atoms with Crippen LogP contribution in [-0.2, 0) is 28.6 Å². The van der Waals surface area contributed by atoms with Crippen molar-refractivity contribution in [1.29, 1.82) is 0 Å². The maximum atomic E-state index is 14.5.